The SMILES string of the molecule is COc1ccc(C2C(C(=O)NCCCCO)OCC(=O)N2C2CC2)cc1. The zero-order chi connectivity index (χ0) is 18.5. The first-order valence-electron chi connectivity index (χ1n) is 9.11. The van der Waals surface area contributed by atoms with E-state index in [2.05, 4.69) is 5.32 Å². The fraction of sp³-hybridized carbons (Fsp3) is 0.579. The van der Waals surface area contributed by atoms with E-state index in [1.54, 1.807) is 7.11 Å². The smallest absolute Gasteiger partial charge is 0.251 e. The Morgan fingerprint density at radius 2 is 2.04 bits per heavy atom. The molecule has 0 aromatic heterocycles. The molecule has 142 valence electrons. The lowest BCUT2D eigenvalue weighted by atomic mass is 9.96. The van der Waals surface area contributed by atoms with Crippen LogP contribution >= 0.6 is 0 Å². The fourth-order valence-corrected chi connectivity index (χ4v) is 3.32. The number of methoxy groups -OCH3 is 1. The number of aliphatic hydroxyl groups excluding tert-OH is 1. The Balaban J connectivity index is 1.80. The minimum Gasteiger partial charge on any atom is -0.497 e. The third kappa shape index (κ3) is 4.16. The highest BCUT2D eigenvalue weighted by molar-refractivity contribution is 5.86. The summed E-state index contributed by atoms with van der Waals surface area (Å²) in [4.78, 5) is 27.0. The molecule has 0 bridgehead atoms. The Bertz CT molecular complexity index is 629. The van der Waals surface area contributed by atoms with Gasteiger partial charge in [-0.2, -0.15) is 0 Å². The number of benzene rings is 1. The van der Waals surface area contributed by atoms with Crippen molar-refractivity contribution in [1.29, 1.82) is 0 Å². The minimum absolute atomic E-state index is 0.0715. The molecule has 1 aromatic rings. The Morgan fingerprint density at radius 1 is 1.31 bits per heavy atom. The number of nitrogens with one attached hydrogen (secondary N) is 1. The number of hydrogen-bond acceptors (Lipinski definition) is 5. The van der Waals surface area contributed by atoms with Gasteiger partial charge in [-0.05, 0) is 43.4 Å². The summed E-state index contributed by atoms with van der Waals surface area (Å²) in [6.45, 7) is 0.512. The Morgan fingerprint density at radius 3 is 2.65 bits per heavy atom. The molecule has 2 N–H and O–H groups in total. The summed E-state index contributed by atoms with van der Waals surface area (Å²) < 4.78 is 10.9. The predicted octanol–water partition coefficient (Wildman–Crippen LogP) is 1.01. The molecular formula is C19H26N2O5. The summed E-state index contributed by atoms with van der Waals surface area (Å²) in [5, 5.41) is 11.7. The van der Waals surface area contributed by atoms with Crippen LogP contribution in [-0.4, -0.2) is 60.8 Å². The maximum absolute atomic E-state index is 12.7. The highest BCUT2D eigenvalue weighted by Crippen LogP contribution is 2.39. The molecule has 2 atom stereocenters. The van der Waals surface area contributed by atoms with Crippen LogP contribution in [0.3, 0.4) is 0 Å². The molecule has 1 aliphatic carbocycles. The van der Waals surface area contributed by atoms with E-state index in [0.29, 0.717) is 19.4 Å². The zero-order valence-electron chi connectivity index (χ0n) is 15.0. The maximum Gasteiger partial charge on any atom is 0.251 e. The summed E-state index contributed by atoms with van der Waals surface area (Å²) in [5.74, 6) is 0.430. The van der Waals surface area contributed by atoms with Crippen LogP contribution in [0.5, 0.6) is 5.75 Å². The van der Waals surface area contributed by atoms with Gasteiger partial charge in [0.2, 0.25) is 5.91 Å². The first kappa shape index (κ1) is 18.7. The van der Waals surface area contributed by atoms with E-state index in [4.69, 9.17) is 14.6 Å². The average molecular weight is 362 g/mol. The van der Waals surface area contributed by atoms with Gasteiger partial charge in [-0.3, -0.25) is 9.59 Å². The van der Waals surface area contributed by atoms with Crippen molar-refractivity contribution in [3.8, 4) is 5.75 Å². The molecule has 1 aromatic carbocycles. The number of aliphatic hydroxyl groups is 1. The molecule has 0 radical (unpaired) electrons. The maximum atomic E-state index is 12.7. The number of unbranched alkanes of at least 4 members (excludes halogenated alkanes) is 1. The third-order valence-electron chi connectivity index (χ3n) is 4.80. The minimum atomic E-state index is -0.740. The van der Waals surface area contributed by atoms with E-state index >= 15 is 0 Å². The standard InChI is InChI=1S/C19H26N2O5/c1-25-15-8-4-13(5-9-15)17-18(19(24)20-10-2-3-11-22)26-12-16(23)21(17)14-6-7-14/h4-5,8-9,14,17-18,22H,2-3,6-7,10-12H2,1H3,(H,20,24). The van der Waals surface area contributed by atoms with Crippen molar-refractivity contribution in [3.05, 3.63) is 29.8 Å². The number of hydrogen-bond donors (Lipinski definition) is 2. The Hall–Kier alpha value is -2.12. The molecular weight excluding hydrogens is 336 g/mol. The lowest BCUT2D eigenvalue weighted by molar-refractivity contribution is -0.165. The highest BCUT2D eigenvalue weighted by atomic mass is 16.5. The van der Waals surface area contributed by atoms with Crippen LogP contribution in [0.25, 0.3) is 0 Å². The molecule has 2 amide bonds. The molecule has 1 heterocycles. The largest absolute Gasteiger partial charge is 0.497 e. The van der Waals surface area contributed by atoms with Gasteiger partial charge in [0.25, 0.3) is 5.91 Å². The fourth-order valence-electron chi connectivity index (χ4n) is 3.32. The first-order chi connectivity index (χ1) is 12.7. The van der Waals surface area contributed by atoms with Crippen LogP contribution in [0.15, 0.2) is 24.3 Å². The van der Waals surface area contributed by atoms with Crippen molar-refractivity contribution in [3.63, 3.8) is 0 Å². The summed E-state index contributed by atoms with van der Waals surface area (Å²) in [5.41, 5.74) is 0.862. The molecule has 2 aliphatic rings. The van der Waals surface area contributed by atoms with Crippen LogP contribution in [0.2, 0.25) is 0 Å². The first-order valence-corrected chi connectivity index (χ1v) is 9.11. The predicted molar refractivity (Wildman–Crippen MR) is 94.7 cm³/mol. The molecule has 2 unspecified atom stereocenters. The van der Waals surface area contributed by atoms with Gasteiger partial charge < -0.3 is 24.8 Å². The number of rotatable bonds is 8. The van der Waals surface area contributed by atoms with Crippen LogP contribution in [-0.2, 0) is 14.3 Å². The second kappa shape index (κ2) is 8.51. The molecule has 1 saturated carbocycles. The number of amides is 2. The van der Waals surface area contributed by atoms with Gasteiger partial charge in [-0.25, -0.2) is 0 Å². The van der Waals surface area contributed by atoms with Crippen LogP contribution in [0.1, 0.15) is 37.3 Å². The van der Waals surface area contributed by atoms with Gasteiger partial charge in [0, 0.05) is 19.2 Å². The van der Waals surface area contributed by atoms with Crippen molar-refractivity contribution in [2.45, 2.75) is 43.9 Å². The monoisotopic (exact) mass is 362 g/mol. The second-order valence-electron chi connectivity index (χ2n) is 6.70. The van der Waals surface area contributed by atoms with Gasteiger partial charge >= 0.3 is 0 Å². The van der Waals surface area contributed by atoms with E-state index in [9.17, 15) is 9.59 Å². The van der Waals surface area contributed by atoms with Crippen molar-refractivity contribution in [2.75, 3.05) is 26.9 Å². The lowest BCUT2D eigenvalue weighted by Gasteiger charge is -2.40. The zero-order valence-corrected chi connectivity index (χ0v) is 15.0. The molecule has 7 heteroatoms. The van der Waals surface area contributed by atoms with E-state index < -0.39 is 12.1 Å². The van der Waals surface area contributed by atoms with Crippen LogP contribution in [0, 0.1) is 0 Å². The van der Waals surface area contributed by atoms with Gasteiger partial charge in [-0.15, -0.1) is 0 Å². The van der Waals surface area contributed by atoms with Crippen molar-refractivity contribution in [1.82, 2.24) is 10.2 Å². The van der Waals surface area contributed by atoms with E-state index in [1.165, 1.54) is 0 Å². The van der Waals surface area contributed by atoms with E-state index in [1.807, 2.05) is 29.2 Å². The molecule has 7 nitrogen and oxygen atoms in total. The second-order valence-corrected chi connectivity index (χ2v) is 6.70. The highest BCUT2D eigenvalue weighted by Gasteiger charge is 2.47. The van der Waals surface area contributed by atoms with Gasteiger partial charge in [0.1, 0.15) is 12.4 Å². The third-order valence-corrected chi connectivity index (χ3v) is 4.80. The van der Waals surface area contributed by atoms with E-state index in [0.717, 1.165) is 24.2 Å². The number of morpholine rings is 1. The lowest BCUT2D eigenvalue weighted by Crippen LogP contribution is -2.55. The van der Waals surface area contributed by atoms with Crippen LogP contribution < -0.4 is 10.1 Å². The van der Waals surface area contributed by atoms with Gasteiger partial charge in [-0.1, -0.05) is 12.1 Å². The Kier molecular flexibility index (Phi) is 6.11. The molecule has 26 heavy (non-hydrogen) atoms. The topological polar surface area (TPSA) is 88.1 Å². The van der Waals surface area contributed by atoms with Gasteiger partial charge in [0.05, 0.1) is 13.2 Å². The molecule has 2 fully saturated rings. The van der Waals surface area contributed by atoms with Crippen molar-refractivity contribution in [2.24, 2.45) is 0 Å². The van der Waals surface area contributed by atoms with Crippen molar-refractivity contribution < 1.29 is 24.2 Å². The van der Waals surface area contributed by atoms with Crippen molar-refractivity contribution >= 4 is 11.8 Å². The molecule has 0 spiro atoms. The van der Waals surface area contributed by atoms with Crippen LogP contribution in [0.4, 0.5) is 0 Å². The average Bonchev–Trinajstić information content (AvgIpc) is 3.50. The van der Waals surface area contributed by atoms with Gasteiger partial charge in [0.15, 0.2) is 6.10 Å². The molecule has 3 rings (SSSR count). The normalized spacial score (nSPS) is 23.0. The number of nitrogens with zero attached hydrogens (tertiary/aromatic N) is 1. The summed E-state index contributed by atoms with van der Waals surface area (Å²) in [6, 6.07) is 7.17. The number of ether oxygens (including phenoxy) is 2. The molecule has 1 aliphatic heterocycles. The number of carbonyl (C=O) groups is 2. The van der Waals surface area contributed by atoms with E-state index in [-0.39, 0.29) is 31.1 Å². The molecule has 1 saturated heterocycles. The summed E-state index contributed by atoms with van der Waals surface area (Å²) in [6.07, 6.45) is 2.52. The quantitative estimate of drug-likeness (QED) is 0.674. The number of carbonyl (C=O) groups excluding carboxylic acids is 2. The summed E-state index contributed by atoms with van der Waals surface area (Å²) in [7, 11) is 1.60. The Labute approximate surface area is 153 Å². The summed E-state index contributed by atoms with van der Waals surface area (Å²) >= 11 is 0.